The molecule has 28 heavy (non-hydrogen) atoms. The van der Waals surface area contributed by atoms with E-state index in [1.165, 1.54) is 12.4 Å². The molecule has 0 spiro atoms. The summed E-state index contributed by atoms with van der Waals surface area (Å²) in [6.45, 7) is 3.66. The van der Waals surface area contributed by atoms with E-state index < -0.39 is 11.9 Å². The Morgan fingerprint density at radius 1 is 0.964 bits per heavy atom. The molecule has 1 amide bonds. The number of carbonyl (C=O) groups is 2. The van der Waals surface area contributed by atoms with Crippen molar-refractivity contribution in [2.24, 2.45) is 5.11 Å². The summed E-state index contributed by atoms with van der Waals surface area (Å²) in [5.41, 5.74) is 12.9. The number of aryl methyl sites for hydroxylation is 2. The van der Waals surface area contributed by atoms with Crippen LogP contribution in [0.4, 0.5) is 0 Å². The standard InChI is InChI=1S/C9H7N5O.C9H8N2O2/c1-5-2-3-7-8(12-5)6(4-11-7)9(15)13-14-10;1-5-2-3-7-8(11-5)6(4-10-7)9(12)13/h2-4,11H,1H3;2-4,10H,1H3,(H,12,13). The lowest BCUT2D eigenvalue weighted by Gasteiger charge is -1.93. The molecule has 0 bridgehead atoms. The number of carbonyl (C=O) groups excluding carboxylic acids is 1. The Hall–Kier alpha value is -4.17. The molecular weight excluding hydrogens is 362 g/mol. The van der Waals surface area contributed by atoms with Gasteiger partial charge in [-0.3, -0.25) is 14.8 Å². The van der Waals surface area contributed by atoms with Gasteiger partial charge in [0.2, 0.25) is 0 Å². The van der Waals surface area contributed by atoms with E-state index in [4.69, 9.17) is 10.6 Å². The van der Waals surface area contributed by atoms with E-state index in [0.29, 0.717) is 16.6 Å². The number of azide groups is 1. The zero-order valence-corrected chi connectivity index (χ0v) is 15.0. The molecule has 4 aromatic heterocycles. The largest absolute Gasteiger partial charge is 0.478 e. The van der Waals surface area contributed by atoms with Crippen molar-refractivity contribution >= 4 is 33.9 Å². The Balaban J connectivity index is 0.000000162. The van der Waals surface area contributed by atoms with E-state index in [9.17, 15) is 9.59 Å². The summed E-state index contributed by atoms with van der Waals surface area (Å²) in [6.07, 6.45) is 2.95. The molecule has 0 saturated heterocycles. The molecule has 4 rings (SSSR count). The molecule has 0 saturated carbocycles. The lowest BCUT2D eigenvalue weighted by molar-refractivity contribution is 0.0698. The minimum Gasteiger partial charge on any atom is -0.478 e. The van der Waals surface area contributed by atoms with Gasteiger partial charge in [-0.25, -0.2) is 4.79 Å². The van der Waals surface area contributed by atoms with Gasteiger partial charge in [0.05, 0.1) is 22.1 Å². The van der Waals surface area contributed by atoms with Crippen LogP contribution in [0.15, 0.2) is 41.8 Å². The molecular formula is C18H15N7O3. The number of aromatic amines is 2. The van der Waals surface area contributed by atoms with Gasteiger partial charge >= 0.3 is 5.97 Å². The number of carboxylic acid groups (broad SMARTS) is 1. The van der Waals surface area contributed by atoms with Gasteiger partial charge in [-0.15, -0.1) is 0 Å². The van der Waals surface area contributed by atoms with Crippen LogP contribution in [0.25, 0.3) is 32.5 Å². The molecule has 3 N–H and O–H groups in total. The molecule has 10 nitrogen and oxygen atoms in total. The maximum absolute atomic E-state index is 11.4. The number of pyridine rings is 2. The summed E-state index contributed by atoms with van der Waals surface area (Å²) in [6, 6.07) is 7.32. The Morgan fingerprint density at radius 2 is 1.46 bits per heavy atom. The highest BCUT2D eigenvalue weighted by atomic mass is 16.4. The Morgan fingerprint density at radius 3 is 1.96 bits per heavy atom. The number of aromatic carboxylic acids is 1. The highest BCUT2D eigenvalue weighted by Gasteiger charge is 2.12. The van der Waals surface area contributed by atoms with Crippen molar-refractivity contribution in [3.05, 3.63) is 69.6 Å². The summed E-state index contributed by atoms with van der Waals surface area (Å²) in [4.78, 5) is 38.6. The summed E-state index contributed by atoms with van der Waals surface area (Å²) >= 11 is 0. The molecule has 10 heteroatoms. The van der Waals surface area contributed by atoms with Gasteiger partial charge in [0.1, 0.15) is 11.1 Å². The van der Waals surface area contributed by atoms with Gasteiger partial charge in [-0.05, 0) is 48.8 Å². The fourth-order valence-electron chi connectivity index (χ4n) is 2.61. The van der Waals surface area contributed by atoms with E-state index in [1.54, 1.807) is 0 Å². The van der Waals surface area contributed by atoms with Crippen molar-refractivity contribution in [3.63, 3.8) is 0 Å². The zero-order valence-electron chi connectivity index (χ0n) is 15.0. The Labute approximate surface area is 157 Å². The number of amides is 1. The van der Waals surface area contributed by atoms with Crippen molar-refractivity contribution in [1.29, 1.82) is 0 Å². The summed E-state index contributed by atoms with van der Waals surface area (Å²) in [5.74, 6) is -1.58. The van der Waals surface area contributed by atoms with E-state index in [0.717, 1.165) is 22.4 Å². The minimum atomic E-state index is -0.954. The third-order valence-electron chi connectivity index (χ3n) is 3.92. The second-order valence-electron chi connectivity index (χ2n) is 5.90. The van der Waals surface area contributed by atoms with Crippen LogP contribution in [0.5, 0.6) is 0 Å². The molecule has 0 aliphatic heterocycles. The molecule has 0 unspecified atom stereocenters. The fourth-order valence-corrected chi connectivity index (χ4v) is 2.61. The maximum atomic E-state index is 11.4. The molecule has 0 aliphatic carbocycles. The normalized spacial score (nSPS) is 10.2. The first-order valence-electron chi connectivity index (χ1n) is 8.13. The SMILES string of the molecule is Cc1ccc2[nH]cc(C(=O)N=[N+]=[N-])c2n1.Cc1ccc2[nH]cc(C(=O)O)c2n1. The van der Waals surface area contributed by atoms with Gasteiger partial charge in [0, 0.05) is 28.7 Å². The number of rotatable bonds is 2. The van der Waals surface area contributed by atoms with Crippen LogP contribution in [-0.4, -0.2) is 36.9 Å². The lowest BCUT2D eigenvalue weighted by atomic mass is 10.2. The third-order valence-corrected chi connectivity index (χ3v) is 3.92. The average Bonchev–Trinajstić information content (AvgIpc) is 3.25. The molecule has 0 radical (unpaired) electrons. The van der Waals surface area contributed by atoms with Gasteiger partial charge < -0.3 is 15.1 Å². The first kappa shape index (κ1) is 18.6. The van der Waals surface area contributed by atoms with Crippen molar-refractivity contribution in [1.82, 2.24) is 19.9 Å². The Kier molecular flexibility index (Phi) is 5.05. The van der Waals surface area contributed by atoms with Gasteiger partial charge in [-0.1, -0.05) is 0 Å². The third kappa shape index (κ3) is 3.67. The number of hydrogen-bond acceptors (Lipinski definition) is 4. The van der Waals surface area contributed by atoms with Crippen molar-refractivity contribution in [2.75, 3.05) is 0 Å². The van der Waals surface area contributed by atoms with Crippen LogP contribution in [0.3, 0.4) is 0 Å². The number of aromatic nitrogens is 4. The molecule has 0 atom stereocenters. The number of nitrogens with one attached hydrogen (secondary N) is 2. The highest BCUT2D eigenvalue weighted by Crippen LogP contribution is 2.17. The van der Waals surface area contributed by atoms with E-state index in [2.05, 4.69) is 30.0 Å². The monoisotopic (exact) mass is 377 g/mol. The van der Waals surface area contributed by atoms with Gasteiger partial charge in [-0.2, -0.15) is 0 Å². The maximum Gasteiger partial charge on any atom is 0.339 e. The molecule has 0 aromatic carbocycles. The predicted octanol–water partition coefficient (Wildman–Crippen LogP) is 3.89. The number of fused-ring (bicyclic) bond motifs is 2. The number of nitrogens with zero attached hydrogens (tertiary/aromatic N) is 5. The molecule has 0 fully saturated rings. The molecule has 0 aliphatic rings. The second-order valence-corrected chi connectivity index (χ2v) is 5.90. The van der Waals surface area contributed by atoms with Crippen molar-refractivity contribution in [3.8, 4) is 0 Å². The number of carboxylic acids is 1. The van der Waals surface area contributed by atoms with E-state index in [-0.39, 0.29) is 5.56 Å². The lowest BCUT2D eigenvalue weighted by Crippen LogP contribution is -1.95. The quantitative estimate of drug-likeness (QED) is 0.274. The highest BCUT2D eigenvalue weighted by molar-refractivity contribution is 6.05. The smallest absolute Gasteiger partial charge is 0.339 e. The van der Waals surface area contributed by atoms with E-state index >= 15 is 0 Å². The van der Waals surface area contributed by atoms with Crippen LogP contribution in [0.2, 0.25) is 0 Å². The Bertz CT molecular complexity index is 1250. The van der Waals surface area contributed by atoms with Crippen LogP contribution in [0, 0.1) is 13.8 Å². The predicted molar refractivity (Wildman–Crippen MR) is 102 cm³/mol. The molecule has 4 aromatic rings. The molecule has 4 heterocycles. The second kappa shape index (κ2) is 7.60. The van der Waals surface area contributed by atoms with Gasteiger partial charge in [0.15, 0.2) is 0 Å². The number of H-pyrrole nitrogens is 2. The van der Waals surface area contributed by atoms with Crippen molar-refractivity contribution in [2.45, 2.75) is 13.8 Å². The van der Waals surface area contributed by atoms with Crippen LogP contribution >= 0.6 is 0 Å². The van der Waals surface area contributed by atoms with Crippen LogP contribution in [0.1, 0.15) is 32.1 Å². The summed E-state index contributed by atoms with van der Waals surface area (Å²) in [5, 5.41) is 11.8. The van der Waals surface area contributed by atoms with Crippen LogP contribution in [-0.2, 0) is 0 Å². The van der Waals surface area contributed by atoms with Gasteiger partial charge in [0.25, 0.3) is 5.91 Å². The molecule has 140 valence electrons. The first-order chi connectivity index (χ1) is 13.4. The summed E-state index contributed by atoms with van der Waals surface area (Å²) < 4.78 is 0. The van der Waals surface area contributed by atoms with Crippen LogP contribution < -0.4 is 0 Å². The average molecular weight is 377 g/mol. The topological polar surface area (TPSA) is 160 Å². The number of hydrogen-bond donors (Lipinski definition) is 3. The van der Waals surface area contributed by atoms with Crippen molar-refractivity contribution < 1.29 is 14.7 Å². The zero-order chi connectivity index (χ0) is 20.3. The van der Waals surface area contributed by atoms with E-state index in [1.807, 2.05) is 38.1 Å². The fraction of sp³-hybridized carbons (Fsp3) is 0.111. The minimum absolute atomic E-state index is 0.221. The first-order valence-corrected chi connectivity index (χ1v) is 8.13. The summed E-state index contributed by atoms with van der Waals surface area (Å²) in [7, 11) is 0.